The molecule has 0 saturated heterocycles. The molecule has 0 atom stereocenters. The predicted octanol–water partition coefficient (Wildman–Crippen LogP) is 1.89. The third kappa shape index (κ3) is 2.86. The standard InChI is InChI=1S/C12H18O3/c1-3-9-7-10(5-4-6-13)12(14)11(8-9)15-2/h7-8,13-14H,3-6H2,1-2H3. The summed E-state index contributed by atoms with van der Waals surface area (Å²) in [5.41, 5.74) is 1.98. The van der Waals surface area contributed by atoms with E-state index in [9.17, 15) is 5.11 Å². The molecular weight excluding hydrogens is 192 g/mol. The number of aryl methyl sites for hydroxylation is 2. The minimum Gasteiger partial charge on any atom is -0.504 e. The van der Waals surface area contributed by atoms with Crippen LogP contribution in [0.15, 0.2) is 12.1 Å². The Labute approximate surface area is 90.3 Å². The van der Waals surface area contributed by atoms with Crippen molar-refractivity contribution in [2.24, 2.45) is 0 Å². The van der Waals surface area contributed by atoms with Gasteiger partial charge < -0.3 is 14.9 Å². The highest BCUT2D eigenvalue weighted by Gasteiger charge is 2.09. The molecule has 3 nitrogen and oxygen atoms in total. The molecule has 0 spiro atoms. The van der Waals surface area contributed by atoms with Gasteiger partial charge in [0.15, 0.2) is 11.5 Å². The van der Waals surface area contributed by atoms with Crippen LogP contribution in [0.4, 0.5) is 0 Å². The Morgan fingerprint density at radius 1 is 1.33 bits per heavy atom. The number of aliphatic hydroxyl groups excluding tert-OH is 1. The number of hydrogen-bond acceptors (Lipinski definition) is 3. The van der Waals surface area contributed by atoms with Crippen LogP contribution in [0.5, 0.6) is 11.5 Å². The molecule has 0 heterocycles. The zero-order valence-electron chi connectivity index (χ0n) is 9.29. The number of hydrogen-bond donors (Lipinski definition) is 2. The van der Waals surface area contributed by atoms with E-state index in [1.54, 1.807) is 7.11 Å². The second kappa shape index (κ2) is 5.61. The summed E-state index contributed by atoms with van der Waals surface area (Å²) in [6.45, 7) is 2.19. The van der Waals surface area contributed by atoms with Crippen LogP contribution in [-0.4, -0.2) is 23.9 Å². The molecule has 0 aliphatic heterocycles. The number of rotatable bonds is 5. The van der Waals surface area contributed by atoms with Gasteiger partial charge in [-0.3, -0.25) is 0 Å². The second-order valence-electron chi connectivity index (χ2n) is 3.49. The molecule has 1 aromatic rings. The number of ether oxygens (including phenoxy) is 1. The fourth-order valence-corrected chi connectivity index (χ4v) is 1.55. The number of phenolic OH excluding ortho intramolecular Hbond substituents is 1. The summed E-state index contributed by atoms with van der Waals surface area (Å²) in [7, 11) is 1.55. The Morgan fingerprint density at radius 3 is 2.60 bits per heavy atom. The fraction of sp³-hybridized carbons (Fsp3) is 0.500. The van der Waals surface area contributed by atoms with Crippen molar-refractivity contribution in [2.75, 3.05) is 13.7 Å². The maximum Gasteiger partial charge on any atom is 0.161 e. The van der Waals surface area contributed by atoms with Crippen LogP contribution in [0, 0.1) is 0 Å². The van der Waals surface area contributed by atoms with Crippen molar-refractivity contribution in [1.29, 1.82) is 0 Å². The van der Waals surface area contributed by atoms with Gasteiger partial charge in [-0.25, -0.2) is 0 Å². The third-order valence-electron chi connectivity index (χ3n) is 2.45. The summed E-state index contributed by atoms with van der Waals surface area (Å²) in [5, 5.41) is 18.6. The quantitative estimate of drug-likeness (QED) is 0.780. The normalized spacial score (nSPS) is 10.3. The lowest BCUT2D eigenvalue weighted by atomic mass is 10.0. The third-order valence-corrected chi connectivity index (χ3v) is 2.45. The van der Waals surface area contributed by atoms with Crippen LogP contribution in [-0.2, 0) is 12.8 Å². The monoisotopic (exact) mass is 210 g/mol. The predicted molar refractivity (Wildman–Crippen MR) is 59.4 cm³/mol. The Bertz CT molecular complexity index is 321. The number of phenols is 1. The Morgan fingerprint density at radius 2 is 2.07 bits per heavy atom. The van der Waals surface area contributed by atoms with Crippen molar-refractivity contribution in [3.05, 3.63) is 23.3 Å². The van der Waals surface area contributed by atoms with Gasteiger partial charge in [0.05, 0.1) is 7.11 Å². The molecule has 3 heteroatoms. The topological polar surface area (TPSA) is 49.7 Å². The molecule has 0 saturated carbocycles. The maximum absolute atomic E-state index is 9.83. The number of benzene rings is 1. The van der Waals surface area contributed by atoms with E-state index < -0.39 is 0 Å². The van der Waals surface area contributed by atoms with Crippen LogP contribution in [0.3, 0.4) is 0 Å². The lowest BCUT2D eigenvalue weighted by Crippen LogP contribution is -1.95. The molecule has 0 bridgehead atoms. The molecule has 84 valence electrons. The van der Waals surface area contributed by atoms with Crippen LogP contribution < -0.4 is 4.74 Å². The summed E-state index contributed by atoms with van der Waals surface area (Å²) in [5.74, 6) is 0.713. The Kier molecular flexibility index (Phi) is 4.43. The van der Waals surface area contributed by atoms with Crippen LogP contribution >= 0.6 is 0 Å². The lowest BCUT2D eigenvalue weighted by molar-refractivity contribution is 0.287. The van der Waals surface area contributed by atoms with Gasteiger partial charge in [-0.05, 0) is 36.5 Å². The maximum atomic E-state index is 9.83. The van der Waals surface area contributed by atoms with E-state index in [1.165, 1.54) is 0 Å². The van der Waals surface area contributed by atoms with E-state index in [1.807, 2.05) is 12.1 Å². The molecule has 0 unspecified atom stereocenters. The van der Waals surface area contributed by atoms with Gasteiger partial charge >= 0.3 is 0 Å². The van der Waals surface area contributed by atoms with Gasteiger partial charge in [0.25, 0.3) is 0 Å². The van der Waals surface area contributed by atoms with Gasteiger partial charge in [-0.2, -0.15) is 0 Å². The second-order valence-corrected chi connectivity index (χ2v) is 3.49. The summed E-state index contributed by atoms with van der Waals surface area (Å²) in [6.07, 6.45) is 2.24. The summed E-state index contributed by atoms with van der Waals surface area (Å²) in [4.78, 5) is 0. The van der Waals surface area contributed by atoms with Crippen molar-refractivity contribution in [2.45, 2.75) is 26.2 Å². The molecule has 1 aromatic carbocycles. The molecule has 2 N–H and O–H groups in total. The Hall–Kier alpha value is -1.22. The van der Waals surface area contributed by atoms with Crippen molar-refractivity contribution in [3.8, 4) is 11.5 Å². The van der Waals surface area contributed by atoms with E-state index in [0.717, 1.165) is 17.5 Å². The average Bonchev–Trinajstić information content (AvgIpc) is 2.27. The van der Waals surface area contributed by atoms with E-state index in [-0.39, 0.29) is 12.4 Å². The van der Waals surface area contributed by atoms with Gasteiger partial charge in [0, 0.05) is 6.61 Å². The highest BCUT2D eigenvalue weighted by atomic mass is 16.5. The van der Waals surface area contributed by atoms with Crippen molar-refractivity contribution in [1.82, 2.24) is 0 Å². The van der Waals surface area contributed by atoms with E-state index >= 15 is 0 Å². The van der Waals surface area contributed by atoms with Gasteiger partial charge in [-0.1, -0.05) is 13.0 Å². The zero-order chi connectivity index (χ0) is 11.3. The minimum absolute atomic E-state index is 0.137. The highest BCUT2D eigenvalue weighted by molar-refractivity contribution is 5.48. The van der Waals surface area contributed by atoms with Crippen molar-refractivity contribution in [3.63, 3.8) is 0 Å². The fourth-order valence-electron chi connectivity index (χ4n) is 1.55. The first-order valence-electron chi connectivity index (χ1n) is 5.22. The molecule has 0 aromatic heterocycles. The Balaban J connectivity index is 3.01. The SMILES string of the molecule is CCc1cc(CCCO)c(O)c(OC)c1. The van der Waals surface area contributed by atoms with Crippen LogP contribution in [0.1, 0.15) is 24.5 Å². The number of aromatic hydroxyl groups is 1. The lowest BCUT2D eigenvalue weighted by Gasteiger charge is -2.11. The van der Waals surface area contributed by atoms with E-state index in [2.05, 4.69) is 6.92 Å². The van der Waals surface area contributed by atoms with E-state index in [0.29, 0.717) is 18.6 Å². The number of methoxy groups -OCH3 is 1. The number of aliphatic hydroxyl groups is 1. The van der Waals surface area contributed by atoms with Gasteiger partial charge in [0.1, 0.15) is 0 Å². The molecular formula is C12H18O3. The van der Waals surface area contributed by atoms with E-state index in [4.69, 9.17) is 9.84 Å². The molecule has 0 aliphatic rings. The first-order valence-corrected chi connectivity index (χ1v) is 5.22. The minimum atomic E-state index is 0.137. The molecule has 0 amide bonds. The van der Waals surface area contributed by atoms with Gasteiger partial charge in [-0.15, -0.1) is 0 Å². The molecule has 0 radical (unpaired) electrons. The van der Waals surface area contributed by atoms with Crippen molar-refractivity contribution >= 4 is 0 Å². The molecule has 0 aliphatic carbocycles. The first kappa shape index (κ1) is 11.9. The first-order chi connectivity index (χ1) is 7.22. The molecule has 1 rings (SSSR count). The largest absolute Gasteiger partial charge is 0.504 e. The average molecular weight is 210 g/mol. The summed E-state index contributed by atoms with van der Waals surface area (Å²) < 4.78 is 5.10. The van der Waals surface area contributed by atoms with Crippen molar-refractivity contribution < 1.29 is 14.9 Å². The van der Waals surface area contributed by atoms with Crippen LogP contribution in [0.2, 0.25) is 0 Å². The van der Waals surface area contributed by atoms with Crippen LogP contribution in [0.25, 0.3) is 0 Å². The smallest absolute Gasteiger partial charge is 0.161 e. The highest BCUT2D eigenvalue weighted by Crippen LogP contribution is 2.32. The summed E-state index contributed by atoms with van der Waals surface area (Å²) >= 11 is 0. The zero-order valence-corrected chi connectivity index (χ0v) is 9.29. The molecule has 15 heavy (non-hydrogen) atoms. The van der Waals surface area contributed by atoms with Gasteiger partial charge in [0.2, 0.25) is 0 Å². The summed E-state index contributed by atoms with van der Waals surface area (Å²) in [6, 6.07) is 3.81. The molecule has 0 fully saturated rings.